The van der Waals surface area contributed by atoms with Crippen molar-refractivity contribution in [3.63, 3.8) is 0 Å². The molecular formula is C17H23ClFN. The molecule has 0 saturated carbocycles. The summed E-state index contributed by atoms with van der Waals surface area (Å²) < 4.78 is 13.2. The Kier molecular flexibility index (Phi) is 6.06. The predicted octanol–water partition coefficient (Wildman–Crippen LogP) is 5.41. The topological polar surface area (TPSA) is 12.0 Å². The molecule has 20 heavy (non-hydrogen) atoms. The number of nitrogens with one attached hydrogen (secondary N) is 1. The average molecular weight is 296 g/mol. The number of allylic oxidation sites excluding steroid dienone is 1. The molecule has 1 unspecified atom stereocenters. The van der Waals surface area contributed by atoms with Crippen LogP contribution in [0.25, 0.3) is 0 Å². The van der Waals surface area contributed by atoms with E-state index in [1.54, 1.807) is 0 Å². The largest absolute Gasteiger partial charge is 0.307 e. The second kappa shape index (κ2) is 7.80. The van der Waals surface area contributed by atoms with Crippen LogP contribution in [0.1, 0.15) is 57.1 Å². The fourth-order valence-electron chi connectivity index (χ4n) is 2.86. The summed E-state index contributed by atoms with van der Waals surface area (Å²) in [6.45, 7) is 2.96. The number of rotatable bonds is 4. The maximum absolute atomic E-state index is 13.2. The van der Waals surface area contributed by atoms with Crippen molar-refractivity contribution in [1.82, 2.24) is 5.32 Å². The highest BCUT2D eigenvalue weighted by atomic mass is 35.5. The maximum atomic E-state index is 13.2. The Labute approximate surface area is 126 Å². The van der Waals surface area contributed by atoms with Gasteiger partial charge in [-0.3, -0.25) is 0 Å². The lowest BCUT2D eigenvalue weighted by molar-refractivity contribution is 0.552. The van der Waals surface area contributed by atoms with Crippen LogP contribution in [-0.4, -0.2) is 6.54 Å². The molecule has 3 heteroatoms. The van der Waals surface area contributed by atoms with Crippen molar-refractivity contribution in [1.29, 1.82) is 0 Å². The van der Waals surface area contributed by atoms with Crippen molar-refractivity contribution < 1.29 is 4.39 Å². The highest BCUT2D eigenvalue weighted by Crippen LogP contribution is 2.33. The Morgan fingerprint density at radius 1 is 1.25 bits per heavy atom. The first-order valence-electron chi connectivity index (χ1n) is 7.59. The summed E-state index contributed by atoms with van der Waals surface area (Å²) in [6.07, 6.45) is 9.71. The minimum atomic E-state index is -0.277. The Balaban J connectivity index is 2.29. The van der Waals surface area contributed by atoms with Crippen molar-refractivity contribution in [3.05, 3.63) is 46.3 Å². The Hall–Kier alpha value is -0.860. The summed E-state index contributed by atoms with van der Waals surface area (Å²) >= 11 is 6.25. The van der Waals surface area contributed by atoms with Gasteiger partial charge in [-0.1, -0.05) is 49.1 Å². The van der Waals surface area contributed by atoms with Crippen LogP contribution in [0, 0.1) is 5.82 Å². The number of halogens is 2. The van der Waals surface area contributed by atoms with Crippen molar-refractivity contribution in [2.75, 3.05) is 6.54 Å². The second-order valence-electron chi connectivity index (χ2n) is 5.39. The smallest absolute Gasteiger partial charge is 0.124 e. The minimum absolute atomic E-state index is 0.117. The third kappa shape index (κ3) is 4.07. The van der Waals surface area contributed by atoms with E-state index in [0.717, 1.165) is 24.9 Å². The molecule has 0 amide bonds. The molecule has 1 aliphatic rings. The number of hydrogen-bond acceptors (Lipinski definition) is 1. The Morgan fingerprint density at radius 3 is 2.80 bits per heavy atom. The average Bonchev–Trinajstić information content (AvgIpc) is 2.37. The van der Waals surface area contributed by atoms with E-state index in [4.69, 9.17) is 11.6 Å². The van der Waals surface area contributed by atoms with Gasteiger partial charge in [-0.05, 0) is 49.9 Å². The molecule has 1 aromatic carbocycles. The zero-order valence-electron chi connectivity index (χ0n) is 12.1. The van der Waals surface area contributed by atoms with Gasteiger partial charge in [-0.2, -0.15) is 0 Å². The summed E-state index contributed by atoms with van der Waals surface area (Å²) in [5, 5.41) is 4.01. The van der Waals surface area contributed by atoms with E-state index in [9.17, 15) is 4.39 Å². The van der Waals surface area contributed by atoms with Crippen LogP contribution in [0.5, 0.6) is 0 Å². The quantitative estimate of drug-likeness (QED) is 0.732. The first-order chi connectivity index (χ1) is 9.72. The van der Waals surface area contributed by atoms with Crippen LogP contribution < -0.4 is 5.32 Å². The molecule has 1 aromatic rings. The summed E-state index contributed by atoms with van der Waals surface area (Å²) in [7, 11) is 0. The molecule has 0 fully saturated rings. The summed E-state index contributed by atoms with van der Waals surface area (Å²) in [4.78, 5) is 0. The molecule has 1 atom stereocenters. The van der Waals surface area contributed by atoms with Gasteiger partial charge in [0, 0.05) is 5.02 Å². The van der Waals surface area contributed by atoms with Crippen LogP contribution in [0.3, 0.4) is 0 Å². The number of likely N-dealkylation sites (N-methyl/N-ethyl adjacent to an activating group) is 1. The van der Waals surface area contributed by atoms with Crippen LogP contribution in [0.15, 0.2) is 29.8 Å². The van der Waals surface area contributed by atoms with Gasteiger partial charge < -0.3 is 5.32 Å². The normalized spacial score (nSPS) is 20.6. The molecule has 110 valence electrons. The van der Waals surface area contributed by atoms with Gasteiger partial charge in [0.15, 0.2) is 0 Å². The third-order valence-corrected chi connectivity index (χ3v) is 4.21. The molecule has 0 radical (unpaired) electrons. The van der Waals surface area contributed by atoms with Gasteiger partial charge in [0.2, 0.25) is 0 Å². The van der Waals surface area contributed by atoms with Gasteiger partial charge in [-0.15, -0.1) is 0 Å². The Bertz CT molecular complexity index is 470. The molecule has 0 spiro atoms. The molecule has 1 nitrogen and oxygen atoms in total. The summed E-state index contributed by atoms with van der Waals surface area (Å²) in [5.74, 6) is -0.277. The van der Waals surface area contributed by atoms with E-state index < -0.39 is 0 Å². The van der Waals surface area contributed by atoms with Gasteiger partial charge in [0.25, 0.3) is 0 Å². The lowest BCUT2D eigenvalue weighted by Gasteiger charge is -2.24. The molecule has 2 rings (SSSR count). The van der Waals surface area contributed by atoms with Crippen LogP contribution in [0.2, 0.25) is 5.02 Å². The van der Waals surface area contributed by atoms with Crippen LogP contribution in [0.4, 0.5) is 4.39 Å². The first-order valence-corrected chi connectivity index (χ1v) is 7.97. The van der Waals surface area contributed by atoms with Crippen molar-refractivity contribution in [3.8, 4) is 0 Å². The van der Waals surface area contributed by atoms with E-state index in [2.05, 4.69) is 18.3 Å². The zero-order valence-corrected chi connectivity index (χ0v) is 12.8. The molecule has 0 aromatic heterocycles. The van der Waals surface area contributed by atoms with E-state index in [1.807, 2.05) is 6.07 Å². The molecule has 1 aliphatic carbocycles. The number of benzene rings is 1. The van der Waals surface area contributed by atoms with E-state index in [0.29, 0.717) is 5.02 Å². The molecule has 1 N–H and O–H groups in total. The highest BCUT2D eigenvalue weighted by molar-refractivity contribution is 6.31. The third-order valence-electron chi connectivity index (χ3n) is 3.88. The van der Waals surface area contributed by atoms with E-state index >= 15 is 0 Å². The molecule has 0 aliphatic heterocycles. The fourth-order valence-corrected chi connectivity index (χ4v) is 3.14. The lowest BCUT2D eigenvalue weighted by atomic mass is 9.91. The lowest BCUT2D eigenvalue weighted by Crippen LogP contribution is -2.23. The predicted molar refractivity (Wildman–Crippen MR) is 83.6 cm³/mol. The maximum Gasteiger partial charge on any atom is 0.124 e. The Morgan fingerprint density at radius 2 is 2.05 bits per heavy atom. The van der Waals surface area contributed by atoms with E-state index in [1.165, 1.54) is 43.4 Å². The van der Waals surface area contributed by atoms with Crippen molar-refractivity contribution in [2.45, 2.75) is 51.5 Å². The first kappa shape index (κ1) is 15.5. The standard InChI is InChI=1S/C17H23ClFN/c1-2-20-17(13-8-6-4-3-5-7-9-13)15-11-10-14(19)12-16(15)18/h8,10-12,17,20H,2-7,9H2,1H3/b13-8+. The van der Waals surface area contributed by atoms with Crippen LogP contribution in [-0.2, 0) is 0 Å². The molecule has 0 bridgehead atoms. The zero-order chi connectivity index (χ0) is 14.4. The fraction of sp³-hybridized carbons (Fsp3) is 0.529. The summed E-state index contributed by atoms with van der Waals surface area (Å²) in [5.41, 5.74) is 2.39. The van der Waals surface area contributed by atoms with Crippen LogP contribution >= 0.6 is 11.6 Å². The monoisotopic (exact) mass is 295 g/mol. The molecular weight excluding hydrogens is 273 g/mol. The summed E-state index contributed by atoms with van der Waals surface area (Å²) in [6, 6.07) is 4.83. The van der Waals surface area contributed by atoms with Gasteiger partial charge in [0.05, 0.1) is 6.04 Å². The van der Waals surface area contributed by atoms with E-state index in [-0.39, 0.29) is 11.9 Å². The van der Waals surface area contributed by atoms with Gasteiger partial charge in [0.1, 0.15) is 5.82 Å². The highest BCUT2D eigenvalue weighted by Gasteiger charge is 2.19. The molecule has 0 heterocycles. The minimum Gasteiger partial charge on any atom is -0.307 e. The van der Waals surface area contributed by atoms with Gasteiger partial charge >= 0.3 is 0 Å². The van der Waals surface area contributed by atoms with Gasteiger partial charge in [-0.25, -0.2) is 4.39 Å². The second-order valence-corrected chi connectivity index (χ2v) is 5.80. The SMILES string of the molecule is CCNC(/C1=C/CCCCCC1)c1ccc(F)cc1Cl. The molecule has 0 saturated heterocycles. The number of hydrogen-bond donors (Lipinski definition) is 1. The van der Waals surface area contributed by atoms with Crippen molar-refractivity contribution >= 4 is 11.6 Å². The van der Waals surface area contributed by atoms with Crippen molar-refractivity contribution in [2.24, 2.45) is 0 Å².